The highest BCUT2D eigenvalue weighted by Crippen LogP contribution is 2.21. The third-order valence-electron chi connectivity index (χ3n) is 2.62. The lowest BCUT2D eigenvalue weighted by Gasteiger charge is -2.06. The summed E-state index contributed by atoms with van der Waals surface area (Å²) in [6.07, 6.45) is 0.118. The molecule has 2 nitrogen and oxygen atoms in total. The summed E-state index contributed by atoms with van der Waals surface area (Å²) in [6.45, 7) is 0. The molecule has 0 aliphatic carbocycles. The molecular weight excluding hydrogens is 297 g/mol. The molecule has 0 saturated heterocycles. The molecule has 0 bridgehead atoms. The van der Waals surface area contributed by atoms with Gasteiger partial charge in [-0.1, -0.05) is 28.1 Å². The minimum Gasteiger partial charge on any atom is -0.398 e. The molecule has 2 rings (SSSR count). The zero-order valence-electron chi connectivity index (χ0n) is 9.49. The first kappa shape index (κ1) is 12.8. The number of para-hydroxylation sites is 1. The van der Waals surface area contributed by atoms with Gasteiger partial charge in [-0.2, -0.15) is 0 Å². The Kier molecular flexibility index (Phi) is 3.77. The standard InChI is InChI=1S/C14H11BrFNO/c15-12-6-5-10(16)7-9(12)8-14(18)11-3-1-2-4-13(11)17/h1-7H,8,17H2. The molecule has 0 unspecified atom stereocenters. The Morgan fingerprint density at radius 1 is 1.22 bits per heavy atom. The second kappa shape index (κ2) is 5.31. The lowest BCUT2D eigenvalue weighted by atomic mass is 10.0. The molecule has 92 valence electrons. The third-order valence-corrected chi connectivity index (χ3v) is 3.39. The van der Waals surface area contributed by atoms with Crippen molar-refractivity contribution >= 4 is 27.4 Å². The minimum atomic E-state index is -0.359. The quantitative estimate of drug-likeness (QED) is 0.695. The van der Waals surface area contributed by atoms with Gasteiger partial charge in [-0.3, -0.25) is 4.79 Å². The van der Waals surface area contributed by atoms with Crippen molar-refractivity contribution in [1.29, 1.82) is 0 Å². The largest absolute Gasteiger partial charge is 0.398 e. The second-order valence-electron chi connectivity index (χ2n) is 3.92. The molecule has 0 aliphatic heterocycles. The van der Waals surface area contributed by atoms with Gasteiger partial charge >= 0.3 is 0 Å². The Labute approximate surface area is 113 Å². The molecule has 0 fully saturated rings. The monoisotopic (exact) mass is 307 g/mol. The molecule has 0 radical (unpaired) electrons. The fraction of sp³-hybridized carbons (Fsp3) is 0.0714. The van der Waals surface area contributed by atoms with Gasteiger partial charge in [-0.25, -0.2) is 4.39 Å². The van der Waals surface area contributed by atoms with Gasteiger partial charge in [0, 0.05) is 22.1 Å². The number of carbonyl (C=O) groups excluding carboxylic acids is 1. The van der Waals surface area contributed by atoms with Gasteiger partial charge in [0.05, 0.1) is 0 Å². The van der Waals surface area contributed by atoms with Crippen LogP contribution in [-0.4, -0.2) is 5.78 Å². The van der Waals surface area contributed by atoms with Crippen molar-refractivity contribution in [2.24, 2.45) is 0 Å². The van der Waals surface area contributed by atoms with Crippen LogP contribution in [0.2, 0.25) is 0 Å². The van der Waals surface area contributed by atoms with Crippen LogP contribution in [-0.2, 0) is 6.42 Å². The molecule has 0 aliphatic rings. The summed E-state index contributed by atoms with van der Waals surface area (Å²) in [5.74, 6) is -0.485. The van der Waals surface area contributed by atoms with E-state index in [-0.39, 0.29) is 18.0 Å². The third kappa shape index (κ3) is 2.76. The number of benzene rings is 2. The van der Waals surface area contributed by atoms with Crippen molar-refractivity contribution in [3.05, 3.63) is 63.9 Å². The summed E-state index contributed by atoms with van der Waals surface area (Å²) in [5.41, 5.74) is 7.26. The van der Waals surface area contributed by atoms with Gasteiger partial charge in [0.1, 0.15) is 5.82 Å². The lowest BCUT2D eigenvalue weighted by Crippen LogP contribution is -2.07. The van der Waals surface area contributed by atoms with Crippen LogP contribution in [0, 0.1) is 5.82 Å². The van der Waals surface area contributed by atoms with E-state index in [1.165, 1.54) is 12.1 Å². The van der Waals surface area contributed by atoms with Crippen LogP contribution in [0.5, 0.6) is 0 Å². The number of rotatable bonds is 3. The first-order valence-corrected chi connectivity index (χ1v) is 6.19. The van der Waals surface area contributed by atoms with E-state index < -0.39 is 0 Å². The van der Waals surface area contributed by atoms with Gasteiger partial charge < -0.3 is 5.73 Å². The van der Waals surface area contributed by atoms with E-state index in [0.29, 0.717) is 21.3 Å². The number of Topliss-reactive ketones (excluding diaryl/α,β-unsaturated/α-hetero) is 1. The molecule has 2 aromatic rings. The Balaban J connectivity index is 2.27. The number of hydrogen-bond donors (Lipinski definition) is 1. The first-order chi connectivity index (χ1) is 8.58. The van der Waals surface area contributed by atoms with Crippen molar-refractivity contribution in [1.82, 2.24) is 0 Å². The normalized spacial score (nSPS) is 10.3. The molecule has 2 aromatic carbocycles. The summed E-state index contributed by atoms with van der Waals surface area (Å²) in [6, 6.07) is 11.1. The average Bonchev–Trinajstić information content (AvgIpc) is 2.34. The van der Waals surface area contributed by atoms with E-state index in [1.807, 2.05) is 0 Å². The maximum absolute atomic E-state index is 13.1. The number of hydrogen-bond acceptors (Lipinski definition) is 2. The van der Waals surface area contributed by atoms with Gasteiger partial charge in [0.25, 0.3) is 0 Å². The van der Waals surface area contributed by atoms with Crippen LogP contribution >= 0.6 is 15.9 Å². The summed E-state index contributed by atoms with van der Waals surface area (Å²) in [4.78, 5) is 12.1. The summed E-state index contributed by atoms with van der Waals surface area (Å²) in [5, 5.41) is 0. The van der Waals surface area contributed by atoms with Gasteiger partial charge in [0.2, 0.25) is 0 Å². The van der Waals surface area contributed by atoms with Crippen LogP contribution in [0.3, 0.4) is 0 Å². The van der Waals surface area contributed by atoms with Crippen molar-refractivity contribution in [3.8, 4) is 0 Å². The van der Waals surface area contributed by atoms with Crippen molar-refractivity contribution < 1.29 is 9.18 Å². The minimum absolute atomic E-state index is 0.118. The Morgan fingerprint density at radius 3 is 2.67 bits per heavy atom. The van der Waals surface area contributed by atoms with Crippen LogP contribution < -0.4 is 5.73 Å². The van der Waals surface area contributed by atoms with Crippen LogP contribution in [0.25, 0.3) is 0 Å². The number of anilines is 1. The van der Waals surface area contributed by atoms with E-state index >= 15 is 0 Å². The van der Waals surface area contributed by atoms with Crippen molar-refractivity contribution in [3.63, 3.8) is 0 Å². The average molecular weight is 308 g/mol. The highest BCUT2D eigenvalue weighted by molar-refractivity contribution is 9.10. The molecule has 0 spiro atoms. The fourth-order valence-electron chi connectivity index (χ4n) is 1.70. The summed E-state index contributed by atoms with van der Waals surface area (Å²) >= 11 is 3.30. The van der Waals surface area contributed by atoms with Gasteiger partial charge in [0.15, 0.2) is 5.78 Å². The SMILES string of the molecule is Nc1ccccc1C(=O)Cc1cc(F)ccc1Br. The van der Waals surface area contributed by atoms with Crippen LogP contribution in [0.15, 0.2) is 46.9 Å². The fourth-order valence-corrected chi connectivity index (χ4v) is 2.08. The zero-order chi connectivity index (χ0) is 13.1. The molecular formula is C14H11BrFNO. The molecule has 0 amide bonds. The molecule has 4 heteroatoms. The number of nitrogens with two attached hydrogens (primary N) is 1. The highest BCUT2D eigenvalue weighted by atomic mass is 79.9. The lowest BCUT2D eigenvalue weighted by molar-refractivity contribution is 0.0993. The van der Waals surface area contributed by atoms with E-state index in [9.17, 15) is 9.18 Å². The maximum Gasteiger partial charge on any atom is 0.169 e. The molecule has 2 N–H and O–H groups in total. The Bertz CT molecular complexity index is 598. The summed E-state index contributed by atoms with van der Waals surface area (Å²) < 4.78 is 13.8. The first-order valence-electron chi connectivity index (χ1n) is 5.39. The zero-order valence-corrected chi connectivity index (χ0v) is 11.1. The van der Waals surface area contributed by atoms with Gasteiger partial charge in [-0.05, 0) is 35.9 Å². The van der Waals surface area contributed by atoms with Crippen LogP contribution in [0.4, 0.5) is 10.1 Å². The van der Waals surface area contributed by atoms with E-state index in [2.05, 4.69) is 15.9 Å². The second-order valence-corrected chi connectivity index (χ2v) is 4.78. The Morgan fingerprint density at radius 2 is 1.94 bits per heavy atom. The van der Waals surface area contributed by atoms with Crippen molar-refractivity contribution in [2.45, 2.75) is 6.42 Å². The van der Waals surface area contributed by atoms with E-state index in [1.54, 1.807) is 30.3 Å². The maximum atomic E-state index is 13.1. The topological polar surface area (TPSA) is 43.1 Å². The smallest absolute Gasteiger partial charge is 0.169 e. The van der Waals surface area contributed by atoms with Crippen molar-refractivity contribution in [2.75, 3.05) is 5.73 Å². The molecule has 0 saturated carbocycles. The Hall–Kier alpha value is -1.68. The van der Waals surface area contributed by atoms with E-state index in [0.717, 1.165) is 0 Å². The predicted octanol–water partition coefficient (Wildman–Crippen LogP) is 3.60. The van der Waals surface area contributed by atoms with Crippen LogP contribution in [0.1, 0.15) is 15.9 Å². The predicted molar refractivity (Wildman–Crippen MR) is 73.0 cm³/mol. The molecule has 0 heterocycles. The number of halogens is 2. The number of ketones is 1. The van der Waals surface area contributed by atoms with Gasteiger partial charge in [-0.15, -0.1) is 0 Å². The number of carbonyl (C=O) groups is 1. The molecule has 0 aromatic heterocycles. The molecule has 0 atom stereocenters. The number of nitrogen functional groups attached to an aromatic ring is 1. The summed E-state index contributed by atoms with van der Waals surface area (Å²) in [7, 11) is 0. The van der Waals surface area contributed by atoms with E-state index in [4.69, 9.17) is 5.73 Å². The highest BCUT2D eigenvalue weighted by Gasteiger charge is 2.12. The molecule has 18 heavy (non-hydrogen) atoms.